The standard InChI is InChI=1S/C19H33Cl2N3O8P2/c1-23(11-3-2-8-19(26,33(27,28)29)34(30,31)32)18(25)17(22)14-15-4-6-16(7-5-15)24(12-9-20)13-10-21/h4-7,17,26H,2-3,8-14,22H2,1H3,(H2,27,28,29)(H2,30,31,32)/t17-/m0/s1. The number of carbonyl (C=O) groups is 1. The zero-order chi connectivity index (χ0) is 26.2. The predicted molar refractivity (Wildman–Crippen MR) is 132 cm³/mol. The van der Waals surface area contributed by atoms with Gasteiger partial charge in [0.25, 0.3) is 5.08 Å². The van der Waals surface area contributed by atoms with Crippen LogP contribution in [0.25, 0.3) is 0 Å². The molecule has 0 aromatic heterocycles. The highest BCUT2D eigenvalue weighted by Gasteiger charge is 2.58. The molecule has 0 aliphatic carbocycles. The lowest BCUT2D eigenvalue weighted by atomic mass is 10.0. The van der Waals surface area contributed by atoms with Gasteiger partial charge in [0.15, 0.2) is 0 Å². The number of unbranched alkanes of at least 4 members (excludes halogenated alkanes) is 1. The maximum Gasteiger partial charge on any atom is 0.369 e. The molecular weight excluding hydrogens is 531 g/mol. The van der Waals surface area contributed by atoms with Crippen LogP contribution in [0.15, 0.2) is 24.3 Å². The fourth-order valence-corrected chi connectivity index (χ4v) is 5.99. The van der Waals surface area contributed by atoms with Crippen molar-refractivity contribution in [3.05, 3.63) is 29.8 Å². The molecule has 15 heteroatoms. The third-order valence-corrected chi connectivity index (χ3v) is 9.56. The number of aliphatic hydroxyl groups is 1. The molecule has 0 heterocycles. The SMILES string of the molecule is CN(CCCCC(O)(P(=O)(O)O)P(=O)(O)O)C(=O)[C@@H](N)Cc1ccc(N(CCCl)CCCl)cc1. The fraction of sp³-hybridized carbons (Fsp3) is 0.632. The van der Waals surface area contributed by atoms with Gasteiger partial charge in [0, 0.05) is 44.1 Å². The Morgan fingerprint density at radius 2 is 1.50 bits per heavy atom. The summed E-state index contributed by atoms with van der Waals surface area (Å²) < 4.78 is 22.8. The third-order valence-electron chi connectivity index (χ3n) is 5.35. The minimum absolute atomic E-state index is 0.121. The van der Waals surface area contributed by atoms with E-state index in [-0.39, 0.29) is 31.7 Å². The van der Waals surface area contributed by atoms with Crippen molar-refractivity contribution in [2.24, 2.45) is 5.73 Å². The molecule has 0 bridgehead atoms. The predicted octanol–water partition coefficient (Wildman–Crippen LogP) is 1.47. The van der Waals surface area contributed by atoms with E-state index in [1.807, 2.05) is 29.2 Å². The first-order valence-corrected chi connectivity index (χ1v) is 14.8. The van der Waals surface area contributed by atoms with Crippen LogP contribution in [0.5, 0.6) is 0 Å². The molecule has 0 saturated carbocycles. The summed E-state index contributed by atoms with van der Waals surface area (Å²) in [5, 5.41) is 6.43. The zero-order valence-corrected chi connectivity index (χ0v) is 22.1. The Hall–Kier alpha value is -0.710. The third kappa shape index (κ3) is 8.75. The van der Waals surface area contributed by atoms with Crippen LogP contribution >= 0.6 is 38.4 Å². The van der Waals surface area contributed by atoms with Gasteiger partial charge in [-0.3, -0.25) is 13.9 Å². The molecule has 0 radical (unpaired) electrons. The first-order valence-electron chi connectivity index (χ1n) is 10.5. The van der Waals surface area contributed by atoms with Gasteiger partial charge >= 0.3 is 15.2 Å². The second-order valence-electron chi connectivity index (χ2n) is 7.92. The minimum Gasteiger partial charge on any atom is -0.369 e. The van der Waals surface area contributed by atoms with Crippen molar-refractivity contribution in [3.8, 4) is 0 Å². The van der Waals surface area contributed by atoms with Crippen LogP contribution in [-0.4, -0.2) is 85.1 Å². The summed E-state index contributed by atoms with van der Waals surface area (Å²) in [6, 6.07) is 6.70. The molecular formula is C19H33Cl2N3O8P2. The molecule has 34 heavy (non-hydrogen) atoms. The average Bonchev–Trinajstić information content (AvgIpc) is 2.74. The number of benzene rings is 1. The van der Waals surface area contributed by atoms with Crippen molar-refractivity contribution < 1.29 is 38.6 Å². The Bertz CT molecular complexity index is 853. The molecule has 0 aliphatic heterocycles. The Morgan fingerprint density at radius 3 is 1.94 bits per heavy atom. The van der Waals surface area contributed by atoms with Gasteiger partial charge in [0.1, 0.15) is 0 Å². The number of rotatable bonds is 15. The number of nitrogens with two attached hydrogens (primary N) is 1. The zero-order valence-electron chi connectivity index (χ0n) is 18.8. The first-order chi connectivity index (χ1) is 15.7. The summed E-state index contributed by atoms with van der Waals surface area (Å²) in [4.78, 5) is 52.6. The van der Waals surface area contributed by atoms with Gasteiger partial charge < -0.3 is 40.2 Å². The smallest absolute Gasteiger partial charge is 0.369 e. The lowest BCUT2D eigenvalue weighted by molar-refractivity contribution is -0.131. The van der Waals surface area contributed by atoms with E-state index in [1.165, 1.54) is 11.9 Å². The van der Waals surface area contributed by atoms with Crippen molar-refractivity contribution in [2.75, 3.05) is 43.3 Å². The summed E-state index contributed by atoms with van der Waals surface area (Å²) in [7, 11) is -9.48. The summed E-state index contributed by atoms with van der Waals surface area (Å²) in [5.41, 5.74) is 7.85. The molecule has 1 aromatic carbocycles. The van der Waals surface area contributed by atoms with E-state index in [0.717, 1.165) is 11.3 Å². The minimum atomic E-state index is -5.49. The average molecular weight is 564 g/mol. The number of hydrogen-bond donors (Lipinski definition) is 6. The lowest BCUT2D eigenvalue weighted by Crippen LogP contribution is -2.43. The van der Waals surface area contributed by atoms with Crippen LogP contribution in [0, 0.1) is 0 Å². The molecule has 1 amide bonds. The molecule has 1 aromatic rings. The lowest BCUT2D eigenvalue weighted by Gasteiger charge is -2.29. The van der Waals surface area contributed by atoms with E-state index in [4.69, 9.17) is 48.5 Å². The molecule has 0 aliphatic rings. The number of likely N-dealkylation sites (N-methyl/N-ethyl adjacent to an activating group) is 1. The molecule has 0 spiro atoms. The number of alkyl halides is 2. The van der Waals surface area contributed by atoms with Gasteiger partial charge in [0.05, 0.1) is 6.04 Å². The highest BCUT2D eigenvalue weighted by Crippen LogP contribution is 2.69. The summed E-state index contributed by atoms with van der Waals surface area (Å²) in [5.74, 6) is 0.556. The maximum atomic E-state index is 12.6. The van der Waals surface area contributed by atoms with Crippen LogP contribution < -0.4 is 10.6 Å². The van der Waals surface area contributed by atoms with Crippen molar-refractivity contribution >= 4 is 50.0 Å². The van der Waals surface area contributed by atoms with Crippen LogP contribution in [0.2, 0.25) is 0 Å². The number of carbonyl (C=O) groups excluding carboxylic acids is 1. The Balaban J connectivity index is 2.62. The quantitative estimate of drug-likeness (QED) is 0.104. The van der Waals surface area contributed by atoms with Gasteiger partial charge in [-0.25, -0.2) is 0 Å². The monoisotopic (exact) mass is 563 g/mol. The highest BCUT2D eigenvalue weighted by atomic mass is 35.5. The van der Waals surface area contributed by atoms with E-state index in [2.05, 4.69) is 0 Å². The molecule has 1 rings (SSSR count). The molecule has 196 valence electrons. The number of anilines is 1. The summed E-state index contributed by atoms with van der Waals surface area (Å²) in [6.07, 6.45) is -0.540. The number of nitrogens with zero attached hydrogens (tertiary/aromatic N) is 2. The van der Waals surface area contributed by atoms with Crippen molar-refractivity contribution in [3.63, 3.8) is 0 Å². The largest absolute Gasteiger partial charge is 0.369 e. The van der Waals surface area contributed by atoms with Crippen LogP contribution in [0.4, 0.5) is 5.69 Å². The van der Waals surface area contributed by atoms with Crippen LogP contribution in [-0.2, 0) is 20.3 Å². The highest BCUT2D eigenvalue weighted by molar-refractivity contribution is 7.72. The topological polar surface area (TPSA) is 185 Å². The molecule has 11 nitrogen and oxygen atoms in total. The fourth-order valence-electron chi connectivity index (χ4n) is 3.32. The van der Waals surface area contributed by atoms with Gasteiger partial charge in [0.2, 0.25) is 5.91 Å². The van der Waals surface area contributed by atoms with E-state index in [9.17, 15) is 19.0 Å². The normalized spacial score (nSPS) is 13.6. The maximum absolute atomic E-state index is 12.6. The van der Waals surface area contributed by atoms with Gasteiger partial charge in [-0.1, -0.05) is 12.1 Å². The van der Waals surface area contributed by atoms with Crippen molar-refractivity contribution in [1.29, 1.82) is 0 Å². The van der Waals surface area contributed by atoms with Crippen LogP contribution in [0.3, 0.4) is 0 Å². The molecule has 1 atom stereocenters. The molecule has 0 saturated heterocycles. The van der Waals surface area contributed by atoms with Gasteiger partial charge in [-0.2, -0.15) is 0 Å². The summed E-state index contributed by atoms with van der Waals surface area (Å²) in [6.45, 7) is 1.42. The van der Waals surface area contributed by atoms with Gasteiger partial charge in [-0.05, 0) is 43.4 Å². The number of halogens is 2. The molecule has 7 N–H and O–H groups in total. The number of amides is 1. The Kier molecular flexibility index (Phi) is 12.5. The van der Waals surface area contributed by atoms with Crippen LogP contribution in [0.1, 0.15) is 24.8 Å². The van der Waals surface area contributed by atoms with E-state index in [1.54, 1.807) is 0 Å². The van der Waals surface area contributed by atoms with E-state index in [0.29, 0.717) is 24.8 Å². The van der Waals surface area contributed by atoms with E-state index >= 15 is 0 Å². The van der Waals surface area contributed by atoms with Crippen molar-refractivity contribution in [2.45, 2.75) is 36.8 Å². The van der Waals surface area contributed by atoms with Gasteiger partial charge in [-0.15, -0.1) is 23.2 Å². The molecule has 0 unspecified atom stereocenters. The second-order valence-corrected chi connectivity index (χ2v) is 12.7. The van der Waals surface area contributed by atoms with E-state index < -0.39 is 32.7 Å². The number of hydrogen-bond acceptors (Lipinski definition) is 6. The first kappa shape index (κ1) is 31.3. The molecule has 0 fully saturated rings. The Morgan fingerprint density at radius 1 is 1.00 bits per heavy atom. The Labute approximate surface area is 209 Å². The van der Waals surface area contributed by atoms with Crippen molar-refractivity contribution in [1.82, 2.24) is 4.90 Å². The second kappa shape index (κ2) is 13.6. The summed E-state index contributed by atoms with van der Waals surface area (Å²) >= 11 is 11.7.